The molecule has 53 heavy (non-hydrogen) atoms. The molecule has 1 saturated heterocycles. The number of rotatable bonds is 6. The van der Waals surface area contributed by atoms with Gasteiger partial charge in [0.15, 0.2) is 0 Å². The molecule has 1 fully saturated rings. The number of piperidine rings is 1. The maximum atomic E-state index is 14.0. The van der Waals surface area contributed by atoms with Crippen molar-refractivity contribution in [1.82, 2.24) is 24.6 Å². The number of nitrogens with zero attached hydrogens (tertiary/aromatic N) is 4. The minimum Gasteiger partial charge on any atom is -0.444 e. The molecule has 1 atom stereocenters. The van der Waals surface area contributed by atoms with Gasteiger partial charge in [0.25, 0.3) is 5.56 Å². The van der Waals surface area contributed by atoms with Crippen LogP contribution in [0.3, 0.4) is 0 Å². The molecule has 4 aromatic carbocycles. The van der Waals surface area contributed by atoms with Crippen molar-refractivity contribution in [1.29, 1.82) is 0 Å². The number of likely N-dealkylation sites (tertiary alicyclic amines) is 1. The monoisotopic (exact) mass is 701 g/mol. The van der Waals surface area contributed by atoms with Crippen molar-refractivity contribution in [2.75, 3.05) is 13.1 Å². The lowest BCUT2D eigenvalue weighted by Crippen LogP contribution is -2.43. The summed E-state index contributed by atoms with van der Waals surface area (Å²) >= 11 is 0. The van der Waals surface area contributed by atoms with Crippen molar-refractivity contribution < 1.29 is 9.53 Å². The van der Waals surface area contributed by atoms with E-state index < -0.39 is 11.1 Å². The first-order valence-corrected chi connectivity index (χ1v) is 18.3. The Bertz CT molecular complexity index is 2390. The van der Waals surface area contributed by atoms with Crippen LogP contribution in [0.15, 0.2) is 132 Å². The maximum absolute atomic E-state index is 14.0. The van der Waals surface area contributed by atoms with E-state index in [-0.39, 0.29) is 17.6 Å². The number of fused-ring (bicyclic) bond motifs is 2. The Morgan fingerprint density at radius 2 is 1.45 bits per heavy atom. The second-order valence-electron chi connectivity index (χ2n) is 15.0. The Morgan fingerprint density at radius 3 is 2.04 bits per heavy atom. The summed E-state index contributed by atoms with van der Waals surface area (Å²) in [5.41, 5.74) is 6.46. The SMILES string of the molecule is Cc1cc(-c2nn(C(c3ccccc3)(c3ccccc3)c3ccccc3)c3cc4[nH]c(=O)c(C5CCCN(C(=O)OC(C)(C)C)C5)cc4cc23)ccn1. The van der Waals surface area contributed by atoms with E-state index in [1.54, 1.807) is 4.90 Å². The van der Waals surface area contributed by atoms with Crippen LogP contribution in [-0.4, -0.2) is 49.4 Å². The molecule has 1 amide bonds. The first kappa shape index (κ1) is 34.1. The molecule has 1 aliphatic heterocycles. The van der Waals surface area contributed by atoms with E-state index in [1.165, 1.54) is 0 Å². The van der Waals surface area contributed by atoms with Crippen LogP contribution in [0.2, 0.25) is 0 Å². The predicted molar refractivity (Wildman–Crippen MR) is 210 cm³/mol. The number of hydrogen-bond acceptors (Lipinski definition) is 5. The molecule has 0 bridgehead atoms. The summed E-state index contributed by atoms with van der Waals surface area (Å²) in [5.74, 6) is -0.118. The van der Waals surface area contributed by atoms with Gasteiger partial charge in [-0.1, -0.05) is 91.0 Å². The van der Waals surface area contributed by atoms with E-state index in [1.807, 2.05) is 64.2 Å². The molecule has 4 heterocycles. The lowest BCUT2D eigenvalue weighted by Gasteiger charge is -2.37. The van der Waals surface area contributed by atoms with Crippen LogP contribution in [0.4, 0.5) is 4.79 Å². The Balaban J connectivity index is 1.38. The number of benzene rings is 4. The summed E-state index contributed by atoms with van der Waals surface area (Å²) < 4.78 is 7.82. The number of H-pyrrole nitrogens is 1. The van der Waals surface area contributed by atoms with E-state index in [2.05, 4.69) is 106 Å². The molecule has 3 aromatic heterocycles. The number of aryl methyl sites for hydroxylation is 1. The molecule has 1 aliphatic rings. The van der Waals surface area contributed by atoms with Crippen LogP contribution in [0.25, 0.3) is 33.1 Å². The molecule has 0 spiro atoms. The Labute approximate surface area is 309 Å². The molecule has 0 saturated carbocycles. The van der Waals surface area contributed by atoms with Crippen LogP contribution in [0.1, 0.15) is 67.5 Å². The fourth-order valence-corrected chi connectivity index (χ4v) is 7.93. The van der Waals surface area contributed by atoms with Gasteiger partial charge in [-0.05, 0) is 92.9 Å². The summed E-state index contributed by atoms with van der Waals surface area (Å²) in [6.07, 6.45) is 3.08. The Morgan fingerprint density at radius 1 is 0.830 bits per heavy atom. The average molecular weight is 702 g/mol. The van der Waals surface area contributed by atoms with Gasteiger partial charge in [-0.3, -0.25) is 9.78 Å². The number of ether oxygens (including phenoxy) is 1. The standard InChI is InChI=1S/C45H43N5O3/c1-30-25-31(22-23-46-30)41-38-27-33-26-37(32-15-14-24-49(29-32)43(52)53-44(2,3)4)42(51)47-39(33)28-40(38)50(48-41)45(34-16-8-5-9-17-34,35-18-10-6-11-19-35)36-20-12-7-13-21-36/h5-13,16-23,25-28,32H,14-15,24,29H2,1-4H3,(H,47,51). The summed E-state index contributed by atoms with van der Waals surface area (Å²) in [4.78, 5) is 36.5. The first-order chi connectivity index (χ1) is 25.6. The van der Waals surface area contributed by atoms with Crippen molar-refractivity contribution in [3.8, 4) is 11.3 Å². The molecule has 1 unspecified atom stereocenters. The molecular weight excluding hydrogens is 659 g/mol. The highest BCUT2D eigenvalue weighted by molar-refractivity contribution is 6.02. The lowest BCUT2D eigenvalue weighted by molar-refractivity contribution is 0.0198. The second kappa shape index (κ2) is 13.5. The normalized spacial score (nSPS) is 15.2. The largest absolute Gasteiger partial charge is 0.444 e. The smallest absolute Gasteiger partial charge is 0.410 e. The first-order valence-electron chi connectivity index (χ1n) is 18.3. The highest BCUT2D eigenvalue weighted by Gasteiger charge is 2.41. The molecule has 8 nitrogen and oxygen atoms in total. The van der Waals surface area contributed by atoms with Gasteiger partial charge < -0.3 is 14.6 Å². The third-order valence-corrected chi connectivity index (χ3v) is 10.2. The number of nitrogens with one attached hydrogen (secondary N) is 1. The molecule has 1 N–H and O–H groups in total. The summed E-state index contributed by atoms with van der Waals surface area (Å²) in [7, 11) is 0. The minimum atomic E-state index is -0.872. The molecule has 8 heteroatoms. The van der Waals surface area contributed by atoms with Gasteiger partial charge in [-0.25, -0.2) is 9.48 Å². The number of amides is 1. The van der Waals surface area contributed by atoms with E-state index in [4.69, 9.17) is 9.84 Å². The van der Waals surface area contributed by atoms with E-state index in [0.717, 1.165) is 62.8 Å². The van der Waals surface area contributed by atoms with E-state index in [9.17, 15) is 9.59 Å². The second-order valence-corrected chi connectivity index (χ2v) is 15.0. The van der Waals surface area contributed by atoms with Gasteiger partial charge >= 0.3 is 6.09 Å². The molecule has 0 radical (unpaired) electrons. The molecular formula is C45H43N5O3. The highest BCUT2D eigenvalue weighted by atomic mass is 16.6. The third kappa shape index (κ3) is 6.28. The van der Waals surface area contributed by atoms with Crippen LogP contribution in [-0.2, 0) is 10.3 Å². The summed E-state index contributed by atoms with van der Waals surface area (Å²) in [6, 6.07) is 41.7. The molecule has 0 aliphatic carbocycles. The zero-order valence-corrected chi connectivity index (χ0v) is 30.5. The molecule has 8 rings (SSSR count). The third-order valence-electron chi connectivity index (χ3n) is 10.2. The van der Waals surface area contributed by atoms with Gasteiger partial charge in [0.2, 0.25) is 0 Å². The van der Waals surface area contributed by atoms with Crippen molar-refractivity contribution in [3.05, 3.63) is 166 Å². The number of aromatic nitrogens is 4. The Hall–Kier alpha value is -6.02. The van der Waals surface area contributed by atoms with Crippen LogP contribution in [0, 0.1) is 6.92 Å². The van der Waals surface area contributed by atoms with Crippen LogP contribution in [0.5, 0.6) is 0 Å². The number of hydrogen-bond donors (Lipinski definition) is 1. The minimum absolute atomic E-state index is 0.118. The number of pyridine rings is 2. The zero-order valence-electron chi connectivity index (χ0n) is 30.5. The van der Waals surface area contributed by atoms with Gasteiger partial charge in [0.1, 0.15) is 16.8 Å². The molecule has 266 valence electrons. The number of carbonyl (C=O) groups is 1. The highest BCUT2D eigenvalue weighted by Crippen LogP contribution is 2.44. The van der Waals surface area contributed by atoms with E-state index in [0.29, 0.717) is 24.2 Å². The summed E-state index contributed by atoms with van der Waals surface area (Å²) in [5, 5.41) is 7.41. The van der Waals surface area contributed by atoms with Crippen molar-refractivity contribution in [2.45, 2.75) is 57.6 Å². The van der Waals surface area contributed by atoms with Gasteiger partial charge in [0, 0.05) is 47.4 Å². The fourth-order valence-electron chi connectivity index (χ4n) is 7.93. The van der Waals surface area contributed by atoms with Crippen molar-refractivity contribution >= 4 is 27.9 Å². The predicted octanol–water partition coefficient (Wildman–Crippen LogP) is 9.20. The fraction of sp³-hybridized carbons (Fsp3) is 0.244. The van der Waals surface area contributed by atoms with Gasteiger partial charge in [-0.2, -0.15) is 5.10 Å². The lowest BCUT2D eigenvalue weighted by atomic mass is 9.77. The summed E-state index contributed by atoms with van der Waals surface area (Å²) in [6.45, 7) is 8.63. The zero-order chi connectivity index (χ0) is 36.7. The topological polar surface area (TPSA) is 93.1 Å². The number of aromatic amines is 1. The van der Waals surface area contributed by atoms with Crippen LogP contribution >= 0.6 is 0 Å². The van der Waals surface area contributed by atoms with Gasteiger partial charge in [0.05, 0.1) is 11.0 Å². The number of carbonyl (C=O) groups excluding carboxylic acids is 1. The maximum Gasteiger partial charge on any atom is 0.410 e. The van der Waals surface area contributed by atoms with E-state index >= 15 is 0 Å². The van der Waals surface area contributed by atoms with Crippen molar-refractivity contribution in [2.24, 2.45) is 0 Å². The van der Waals surface area contributed by atoms with Crippen molar-refractivity contribution in [3.63, 3.8) is 0 Å². The Kier molecular flexibility index (Phi) is 8.69. The quantitative estimate of drug-likeness (QED) is 0.175. The van der Waals surface area contributed by atoms with Crippen LogP contribution < -0.4 is 5.56 Å². The van der Waals surface area contributed by atoms with Gasteiger partial charge in [-0.15, -0.1) is 0 Å². The molecule has 7 aromatic rings. The average Bonchev–Trinajstić information content (AvgIpc) is 3.53.